The van der Waals surface area contributed by atoms with Gasteiger partial charge in [0, 0.05) is 24.7 Å². The van der Waals surface area contributed by atoms with Crippen molar-refractivity contribution in [2.24, 2.45) is 0 Å². The first-order valence-corrected chi connectivity index (χ1v) is 8.81. The summed E-state index contributed by atoms with van der Waals surface area (Å²) in [4.78, 5) is 2.80. The maximum absolute atomic E-state index is 3.77. The van der Waals surface area contributed by atoms with Gasteiger partial charge in [0.2, 0.25) is 0 Å². The van der Waals surface area contributed by atoms with Crippen LogP contribution in [-0.2, 0) is 6.54 Å². The minimum atomic E-state index is 0.759. The lowest BCUT2D eigenvalue weighted by Gasteiger charge is -2.49. The van der Waals surface area contributed by atoms with Crippen LogP contribution in [0.4, 0.5) is 0 Å². The van der Waals surface area contributed by atoms with Crippen LogP contribution >= 0.6 is 0 Å². The van der Waals surface area contributed by atoms with E-state index in [2.05, 4.69) is 48.3 Å². The third-order valence-electron chi connectivity index (χ3n) is 5.29. The fourth-order valence-corrected chi connectivity index (χ4v) is 4.16. The van der Waals surface area contributed by atoms with Crippen LogP contribution in [0.2, 0.25) is 0 Å². The Kier molecular flexibility index (Phi) is 4.97. The highest BCUT2D eigenvalue weighted by Crippen LogP contribution is 2.35. The van der Waals surface area contributed by atoms with Crippen molar-refractivity contribution < 1.29 is 0 Å². The van der Waals surface area contributed by atoms with Gasteiger partial charge in [-0.3, -0.25) is 4.90 Å². The van der Waals surface area contributed by atoms with Crippen LogP contribution in [0, 0.1) is 6.92 Å². The average Bonchev–Trinajstić information content (AvgIpc) is 2.47. The molecule has 0 spiro atoms. The zero-order valence-electron chi connectivity index (χ0n) is 13.6. The van der Waals surface area contributed by atoms with Crippen molar-refractivity contribution in [1.82, 2.24) is 10.2 Å². The lowest BCUT2D eigenvalue weighted by molar-refractivity contribution is 0.0177. The first kappa shape index (κ1) is 15.1. The highest BCUT2D eigenvalue weighted by Gasteiger charge is 2.37. The van der Waals surface area contributed by atoms with Crippen LogP contribution in [0.5, 0.6) is 0 Å². The second-order valence-electron chi connectivity index (χ2n) is 7.02. The molecule has 2 aliphatic rings. The Bertz CT molecular complexity index is 425. The van der Waals surface area contributed by atoms with Gasteiger partial charge in [0.25, 0.3) is 0 Å². The van der Waals surface area contributed by atoms with Crippen LogP contribution < -0.4 is 5.32 Å². The number of rotatable bonds is 5. The molecule has 2 bridgehead atoms. The summed E-state index contributed by atoms with van der Waals surface area (Å²) < 4.78 is 0. The summed E-state index contributed by atoms with van der Waals surface area (Å²) in [7, 11) is 0. The molecular weight excluding hydrogens is 256 g/mol. The van der Waals surface area contributed by atoms with E-state index in [-0.39, 0.29) is 0 Å². The molecule has 3 rings (SSSR count). The van der Waals surface area contributed by atoms with Gasteiger partial charge < -0.3 is 5.32 Å². The molecule has 2 fully saturated rings. The molecule has 0 aliphatic carbocycles. The SMILES string of the molecule is CCCNC1CC2CCCC(C1)N2Cc1ccc(C)cc1. The predicted octanol–water partition coefficient (Wildman–Crippen LogP) is 3.88. The number of hydrogen-bond acceptors (Lipinski definition) is 2. The summed E-state index contributed by atoms with van der Waals surface area (Å²) in [6.07, 6.45) is 8.17. The van der Waals surface area contributed by atoms with Crippen molar-refractivity contribution in [3.63, 3.8) is 0 Å². The van der Waals surface area contributed by atoms with E-state index in [9.17, 15) is 0 Å². The van der Waals surface area contributed by atoms with Gasteiger partial charge in [0.1, 0.15) is 0 Å². The Balaban J connectivity index is 1.64. The molecule has 0 radical (unpaired) electrons. The molecule has 2 heteroatoms. The first-order valence-electron chi connectivity index (χ1n) is 8.81. The molecular formula is C19H30N2. The van der Waals surface area contributed by atoms with Crippen molar-refractivity contribution in [1.29, 1.82) is 0 Å². The van der Waals surface area contributed by atoms with Gasteiger partial charge in [-0.05, 0) is 51.1 Å². The molecule has 1 aromatic rings. The van der Waals surface area contributed by atoms with Crippen LogP contribution in [0.3, 0.4) is 0 Å². The van der Waals surface area contributed by atoms with Gasteiger partial charge in [-0.1, -0.05) is 43.2 Å². The van der Waals surface area contributed by atoms with Gasteiger partial charge in [-0.2, -0.15) is 0 Å². The summed E-state index contributed by atoms with van der Waals surface area (Å²) >= 11 is 0. The van der Waals surface area contributed by atoms with Crippen molar-refractivity contribution in [2.75, 3.05) is 6.54 Å². The summed E-state index contributed by atoms with van der Waals surface area (Å²) in [5, 5.41) is 3.77. The zero-order chi connectivity index (χ0) is 14.7. The maximum atomic E-state index is 3.77. The van der Waals surface area contributed by atoms with Crippen LogP contribution in [0.25, 0.3) is 0 Å². The fourth-order valence-electron chi connectivity index (χ4n) is 4.16. The Hall–Kier alpha value is -0.860. The quantitative estimate of drug-likeness (QED) is 0.883. The van der Waals surface area contributed by atoms with E-state index in [1.54, 1.807) is 0 Å². The predicted molar refractivity (Wildman–Crippen MR) is 89.5 cm³/mol. The van der Waals surface area contributed by atoms with Gasteiger partial charge in [0.05, 0.1) is 0 Å². The smallest absolute Gasteiger partial charge is 0.0239 e. The van der Waals surface area contributed by atoms with Crippen molar-refractivity contribution in [3.8, 4) is 0 Å². The van der Waals surface area contributed by atoms with Gasteiger partial charge in [0.15, 0.2) is 0 Å². The molecule has 2 atom stereocenters. The Labute approximate surface area is 129 Å². The van der Waals surface area contributed by atoms with Crippen molar-refractivity contribution in [3.05, 3.63) is 35.4 Å². The largest absolute Gasteiger partial charge is 0.314 e. The van der Waals surface area contributed by atoms with Crippen LogP contribution in [-0.4, -0.2) is 29.6 Å². The van der Waals surface area contributed by atoms with E-state index in [0.717, 1.165) is 24.7 Å². The molecule has 116 valence electrons. The topological polar surface area (TPSA) is 15.3 Å². The van der Waals surface area contributed by atoms with Gasteiger partial charge in [-0.15, -0.1) is 0 Å². The highest BCUT2D eigenvalue weighted by molar-refractivity contribution is 5.21. The Morgan fingerprint density at radius 3 is 2.38 bits per heavy atom. The second kappa shape index (κ2) is 6.93. The lowest BCUT2D eigenvalue weighted by Crippen LogP contribution is -2.55. The van der Waals surface area contributed by atoms with Crippen molar-refractivity contribution in [2.45, 2.75) is 77.0 Å². The minimum Gasteiger partial charge on any atom is -0.314 e. The number of aryl methyl sites for hydroxylation is 1. The summed E-state index contributed by atoms with van der Waals surface area (Å²) in [6, 6.07) is 11.5. The van der Waals surface area contributed by atoms with Crippen LogP contribution in [0.15, 0.2) is 24.3 Å². The van der Waals surface area contributed by atoms with E-state index in [4.69, 9.17) is 0 Å². The third-order valence-corrected chi connectivity index (χ3v) is 5.29. The molecule has 0 aromatic heterocycles. The van der Waals surface area contributed by atoms with Gasteiger partial charge in [-0.25, -0.2) is 0 Å². The molecule has 0 saturated carbocycles. The zero-order valence-corrected chi connectivity index (χ0v) is 13.6. The summed E-state index contributed by atoms with van der Waals surface area (Å²) in [6.45, 7) is 6.77. The van der Waals surface area contributed by atoms with E-state index in [1.807, 2.05) is 0 Å². The minimum absolute atomic E-state index is 0.759. The number of hydrogen-bond donors (Lipinski definition) is 1. The standard InChI is InChI=1S/C19H30N2/c1-3-11-20-17-12-18-5-4-6-19(13-17)21(18)14-16-9-7-15(2)8-10-16/h7-10,17-20H,3-6,11-14H2,1-2H3. The molecule has 0 amide bonds. The molecule has 2 unspecified atom stereocenters. The van der Waals surface area contributed by atoms with E-state index in [1.165, 1.54) is 56.2 Å². The molecule has 2 aliphatic heterocycles. The summed E-state index contributed by atoms with van der Waals surface area (Å²) in [5.41, 5.74) is 2.85. The normalized spacial score (nSPS) is 29.5. The van der Waals surface area contributed by atoms with Crippen molar-refractivity contribution >= 4 is 0 Å². The second-order valence-corrected chi connectivity index (χ2v) is 7.02. The average molecular weight is 286 g/mol. The number of piperidine rings is 2. The van der Waals surface area contributed by atoms with E-state index in [0.29, 0.717) is 0 Å². The highest BCUT2D eigenvalue weighted by atomic mass is 15.2. The molecule has 21 heavy (non-hydrogen) atoms. The molecule has 2 heterocycles. The Morgan fingerprint density at radius 1 is 1.10 bits per heavy atom. The molecule has 1 N–H and O–H groups in total. The number of benzene rings is 1. The van der Waals surface area contributed by atoms with Crippen LogP contribution in [0.1, 0.15) is 56.6 Å². The van der Waals surface area contributed by atoms with Gasteiger partial charge >= 0.3 is 0 Å². The molecule has 1 aromatic carbocycles. The fraction of sp³-hybridized carbons (Fsp3) is 0.684. The van der Waals surface area contributed by atoms with E-state index >= 15 is 0 Å². The third kappa shape index (κ3) is 3.67. The number of nitrogens with one attached hydrogen (secondary N) is 1. The molecule has 2 saturated heterocycles. The number of nitrogens with zero attached hydrogens (tertiary/aromatic N) is 1. The monoisotopic (exact) mass is 286 g/mol. The molecule has 2 nitrogen and oxygen atoms in total. The summed E-state index contributed by atoms with van der Waals surface area (Å²) in [5.74, 6) is 0. The first-order chi connectivity index (χ1) is 10.3. The lowest BCUT2D eigenvalue weighted by atomic mass is 9.81. The number of fused-ring (bicyclic) bond motifs is 2. The van der Waals surface area contributed by atoms with E-state index < -0.39 is 0 Å². The maximum Gasteiger partial charge on any atom is 0.0239 e. The Morgan fingerprint density at radius 2 is 1.76 bits per heavy atom.